The van der Waals surface area contributed by atoms with E-state index in [9.17, 15) is 14.4 Å². The number of carbonyl (C=O) groups excluding carboxylic acids is 3. The van der Waals surface area contributed by atoms with E-state index in [0.29, 0.717) is 41.9 Å². The highest BCUT2D eigenvalue weighted by molar-refractivity contribution is 6.04. The van der Waals surface area contributed by atoms with E-state index in [2.05, 4.69) is 5.32 Å². The summed E-state index contributed by atoms with van der Waals surface area (Å²) in [5, 5.41) is 3.37. The lowest BCUT2D eigenvalue weighted by Gasteiger charge is -2.37. The quantitative estimate of drug-likeness (QED) is 0.404. The maximum atomic E-state index is 13.7. The van der Waals surface area contributed by atoms with Crippen LogP contribution < -0.4 is 14.8 Å². The van der Waals surface area contributed by atoms with Gasteiger partial charge in [-0.2, -0.15) is 0 Å². The number of hydrogen-bond donors (Lipinski definition) is 1. The van der Waals surface area contributed by atoms with Crippen molar-refractivity contribution >= 4 is 17.7 Å². The van der Waals surface area contributed by atoms with Gasteiger partial charge in [-0.25, -0.2) is 4.79 Å². The summed E-state index contributed by atoms with van der Waals surface area (Å²) in [6.45, 7) is 6.99. The summed E-state index contributed by atoms with van der Waals surface area (Å²) in [4.78, 5) is 38.5. The number of rotatable bonds is 7. The van der Waals surface area contributed by atoms with Crippen LogP contribution in [0.4, 0.5) is 0 Å². The van der Waals surface area contributed by atoms with E-state index in [1.807, 2.05) is 45.0 Å². The Bertz CT molecular complexity index is 1260. The zero-order valence-electron chi connectivity index (χ0n) is 21.9. The van der Waals surface area contributed by atoms with Crippen LogP contribution in [0.15, 0.2) is 71.1 Å². The van der Waals surface area contributed by atoms with Crippen molar-refractivity contribution in [2.45, 2.75) is 64.9 Å². The number of methoxy groups -OCH3 is 1. The van der Waals surface area contributed by atoms with Gasteiger partial charge >= 0.3 is 11.9 Å². The van der Waals surface area contributed by atoms with Crippen molar-refractivity contribution in [2.75, 3.05) is 7.11 Å². The molecular formula is C30H33NO6. The van der Waals surface area contributed by atoms with Crippen molar-refractivity contribution in [2.24, 2.45) is 0 Å². The molecule has 1 aliphatic carbocycles. The molecule has 2 aliphatic rings. The largest absolute Gasteiger partial charge is 0.497 e. The van der Waals surface area contributed by atoms with Gasteiger partial charge in [0.2, 0.25) is 0 Å². The van der Waals surface area contributed by atoms with Crippen LogP contribution in [0.1, 0.15) is 69.9 Å². The van der Waals surface area contributed by atoms with Crippen LogP contribution in [0.3, 0.4) is 0 Å². The number of nitrogens with one attached hydrogen (secondary N) is 1. The Labute approximate surface area is 217 Å². The molecule has 2 aromatic carbocycles. The molecule has 7 nitrogen and oxygen atoms in total. The molecule has 3 unspecified atom stereocenters. The van der Waals surface area contributed by atoms with Gasteiger partial charge in [-0.3, -0.25) is 9.59 Å². The number of hydrogen-bond acceptors (Lipinski definition) is 7. The fourth-order valence-electron chi connectivity index (χ4n) is 4.98. The highest BCUT2D eigenvalue weighted by Crippen LogP contribution is 2.46. The van der Waals surface area contributed by atoms with Crippen molar-refractivity contribution in [3.63, 3.8) is 0 Å². The lowest BCUT2D eigenvalue weighted by molar-refractivity contribution is -0.144. The third-order valence-corrected chi connectivity index (χ3v) is 6.99. The molecule has 0 spiro atoms. The average molecular weight is 504 g/mol. The standard InChI is InChI=1S/C30H33NO6/c1-6-17(2)36-30(34)27-18(3)31-25-15-22(20-7-11-23(35-5)12-8-20)16-26(33)29(25)28(27)21-9-13-24(14-10-21)37-19(4)32/h7-14,17,22,28,31H,6,15-16H2,1-5H3. The molecule has 1 heterocycles. The Morgan fingerprint density at radius 3 is 2.22 bits per heavy atom. The number of allylic oxidation sites excluding steroid dienone is 3. The van der Waals surface area contributed by atoms with E-state index in [0.717, 1.165) is 22.6 Å². The third kappa shape index (κ3) is 5.61. The van der Waals surface area contributed by atoms with Crippen LogP contribution in [0.5, 0.6) is 11.5 Å². The van der Waals surface area contributed by atoms with E-state index < -0.39 is 17.9 Å². The fourth-order valence-corrected chi connectivity index (χ4v) is 4.98. The Hall–Kier alpha value is -3.87. The molecule has 3 atom stereocenters. The van der Waals surface area contributed by atoms with Crippen molar-refractivity contribution in [1.82, 2.24) is 5.32 Å². The van der Waals surface area contributed by atoms with Gasteiger partial charge in [0.05, 0.1) is 18.8 Å². The average Bonchev–Trinajstić information content (AvgIpc) is 2.87. The van der Waals surface area contributed by atoms with E-state index in [1.54, 1.807) is 31.4 Å². The minimum atomic E-state index is -0.580. The molecule has 0 bridgehead atoms. The molecule has 0 aromatic heterocycles. The molecule has 4 rings (SSSR count). The molecule has 7 heteroatoms. The van der Waals surface area contributed by atoms with Gasteiger partial charge in [-0.15, -0.1) is 0 Å². The molecular weight excluding hydrogens is 470 g/mol. The maximum absolute atomic E-state index is 13.7. The normalized spacial score (nSPS) is 20.1. The first kappa shape index (κ1) is 26.2. The Balaban J connectivity index is 1.74. The van der Waals surface area contributed by atoms with E-state index in [-0.39, 0.29) is 17.8 Å². The summed E-state index contributed by atoms with van der Waals surface area (Å²) < 4.78 is 16.2. The number of ether oxygens (including phenoxy) is 3. The number of ketones is 1. The predicted octanol–water partition coefficient (Wildman–Crippen LogP) is 5.32. The predicted molar refractivity (Wildman–Crippen MR) is 139 cm³/mol. The highest BCUT2D eigenvalue weighted by atomic mass is 16.5. The maximum Gasteiger partial charge on any atom is 0.337 e. The summed E-state index contributed by atoms with van der Waals surface area (Å²) in [6.07, 6.45) is 1.41. The zero-order chi connectivity index (χ0) is 26.7. The number of carbonyl (C=O) groups is 3. The van der Waals surface area contributed by atoms with Crippen LogP contribution in [0.25, 0.3) is 0 Å². The summed E-state index contributed by atoms with van der Waals surface area (Å²) in [5.41, 5.74) is 4.33. The highest BCUT2D eigenvalue weighted by Gasteiger charge is 2.41. The second-order valence-electron chi connectivity index (χ2n) is 9.58. The third-order valence-electron chi connectivity index (χ3n) is 6.99. The first-order chi connectivity index (χ1) is 17.7. The lowest BCUT2D eigenvalue weighted by atomic mass is 9.71. The monoisotopic (exact) mass is 503 g/mol. The van der Waals surface area contributed by atoms with Gasteiger partial charge in [0.25, 0.3) is 0 Å². The first-order valence-corrected chi connectivity index (χ1v) is 12.6. The number of dihydropyridines is 1. The second kappa shape index (κ2) is 11.0. The smallest absolute Gasteiger partial charge is 0.337 e. The molecule has 2 aromatic rings. The fraction of sp³-hybridized carbons (Fsp3) is 0.367. The van der Waals surface area contributed by atoms with Crippen LogP contribution in [0.2, 0.25) is 0 Å². The molecule has 194 valence electrons. The minimum Gasteiger partial charge on any atom is -0.497 e. The molecule has 1 aliphatic heterocycles. The van der Waals surface area contributed by atoms with Gasteiger partial charge in [-0.1, -0.05) is 31.2 Å². The van der Waals surface area contributed by atoms with Gasteiger partial charge in [-0.05, 0) is 68.0 Å². The van der Waals surface area contributed by atoms with Crippen molar-refractivity contribution < 1.29 is 28.6 Å². The summed E-state index contributed by atoms with van der Waals surface area (Å²) in [7, 11) is 1.63. The molecule has 0 amide bonds. The second-order valence-corrected chi connectivity index (χ2v) is 9.58. The summed E-state index contributed by atoms with van der Waals surface area (Å²) in [6, 6.07) is 14.7. The van der Waals surface area contributed by atoms with Crippen LogP contribution in [-0.2, 0) is 19.1 Å². The lowest BCUT2D eigenvalue weighted by Crippen LogP contribution is -2.36. The van der Waals surface area contributed by atoms with Crippen molar-refractivity contribution in [3.8, 4) is 11.5 Å². The molecule has 0 fully saturated rings. The van der Waals surface area contributed by atoms with E-state index in [4.69, 9.17) is 14.2 Å². The Kier molecular flexibility index (Phi) is 7.81. The number of esters is 2. The molecule has 0 saturated heterocycles. The summed E-state index contributed by atoms with van der Waals surface area (Å²) >= 11 is 0. The minimum absolute atomic E-state index is 0.00929. The van der Waals surface area contributed by atoms with Gasteiger partial charge in [0.15, 0.2) is 5.78 Å². The Morgan fingerprint density at radius 1 is 1.00 bits per heavy atom. The van der Waals surface area contributed by atoms with Gasteiger partial charge in [0, 0.05) is 36.2 Å². The van der Waals surface area contributed by atoms with Crippen LogP contribution in [-0.4, -0.2) is 30.9 Å². The van der Waals surface area contributed by atoms with Gasteiger partial charge in [0.1, 0.15) is 11.5 Å². The van der Waals surface area contributed by atoms with E-state index >= 15 is 0 Å². The SMILES string of the molecule is CCC(C)OC(=O)C1=C(C)NC2=C(C(=O)CC(c3ccc(OC)cc3)C2)C1c1ccc(OC(C)=O)cc1. The van der Waals surface area contributed by atoms with E-state index in [1.165, 1.54) is 6.92 Å². The molecule has 1 N–H and O–H groups in total. The zero-order valence-corrected chi connectivity index (χ0v) is 21.9. The molecule has 0 saturated carbocycles. The van der Waals surface area contributed by atoms with Gasteiger partial charge < -0.3 is 19.5 Å². The van der Waals surface area contributed by atoms with Crippen molar-refractivity contribution in [3.05, 3.63) is 82.2 Å². The first-order valence-electron chi connectivity index (χ1n) is 12.6. The molecule has 0 radical (unpaired) electrons. The number of Topliss-reactive ketones (excluding diaryl/α,β-unsaturated/α-hetero) is 1. The van der Waals surface area contributed by atoms with Crippen LogP contribution >= 0.6 is 0 Å². The van der Waals surface area contributed by atoms with Crippen molar-refractivity contribution in [1.29, 1.82) is 0 Å². The number of benzene rings is 2. The molecule has 37 heavy (non-hydrogen) atoms. The van der Waals surface area contributed by atoms with Crippen LogP contribution in [0, 0.1) is 0 Å². The topological polar surface area (TPSA) is 90.9 Å². The summed E-state index contributed by atoms with van der Waals surface area (Å²) in [5.74, 6) is -0.266. The Morgan fingerprint density at radius 2 is 1.62 bits per heavy atom.